The fraction of sp³-hybridized carbons (Fsp3) is 0.125. The number of hydrogen-bond donors (Lipinski definition) is 2. The summed E-state index contributed by atoms with van der Waals surface area (Å²) in [5, 5.41) is 21.6. The van der Waals surface area contributed by atoms with Crippen LogP contribution in [0.25, 0.3) is 16.7 Å². The maximum atomic E-state index is 12.0. The number of amides is 1. The fourth-order valence-corrected chi connectivity index (χ4v) is 2.40. The van der Waals surface area contributed by atoms with Crippen LogP contribution in [-0.2, 0) is 11.3 Å². The van der Waals surface area contributed by atoms with Crippen molar-refractivity contribution in [3.8, 4) is 11.4 Å². The molecule has 0 aliphatic carbocycles. The maximum Gasteiger partial charge on any atom is 0.258 e. The highest BCUT2D eigenvalue weighted by Crippen LogP contribution is 2.14. The molecular weight excluding hydrogens is 336 g/mol. The molecule has 0 unspecified atom stereocenters. The number of hydrogen-bond acceptors (Lipinski definition) is 7. The summed E-state index contributed by atoms with van der Waals surface area (Å²) < 4.78 is 7.01. The van der Waals surface area contributed by atoms with E-state index in [1.807, 2.05) is 12.1 Å². The number of pyridine rings is 1. The van der Waals surface area contributed by atoms with Crippen LogP contribution < -0.4 is 10.1 Å². The predicted octanol–water partition coefficient (Wildman–Crippen LogP) is 0.629. The Hall–Kier alpha value is -3.82. The van der Waals surface area contributed by atoms with E-state index in [9.17, 15) is 4.79 Å². The van der Waals surface area contributed by atoms with Gasteiger partial charge in [0.25, 0.3) is 5.91 Å². The van der Waals surface area contributed by atoms with Crippen LogP contribution in [0.1, 0.15) is 5.69 Å². The highest BCUT2D eigenvalue weighted by Gasteiger charge is 2.08. The summed E-state index contributed by atoms with van der Waals surface area (Å²) in [6, 6.07) is 10.8. The Balaban J connectivity index is 1.30. The van der Waals surface area contributed by atoms with Gasteiger partial charge in [-0.05, 0) is 46.8 Å². The predicted molar refractivity (Wildman–Crippen MR) is 90.4 cm³/mol. The molecular formula is C16H14N8O2. The number of carbonyl (C=O) groups is 1. The second-order valence-electron chi connectivity index (χ2n) is 5.39. The normalized spacial score (nSPS) is 10.8. The largest absolute Gasteiger partial charge is 0.484 e. The Morgan fingerprint density at radius 2 is 2.12 bits per heavy atom. The molecule has 0 bridgehead atoms. The molecule has 0 radical (unpaired) electrons. The molecule has 130 valence electrons. The number of aromatic amines is 1. The number of aromatic nitrogens is 7. The summed E-state index contributed by atoms with van der Waals surface area (Å²) >= 11 is 0. The van der Waals surface area contributed by atoms with Crippen molar-refractivity contribution >= 4 is 16.9 Å². The van der Waals surface area contributed by atoms with E-state index in [-0.39, 0.29) is 12.5 Å². The number of carbonyl (C=O) groups excluding carboxylic acids is 1. The van der Waals surface area contributed by atoms with E-state index in [1.54, 1.807) is 30.5 Å². The molecule has 0 fully saturated rings. The number of rotatable bonds is 6. The average Bonchev–Trinajstić information content (AvgIpc) is 3.35. The molecule has 0 saturated carbocycles. The first-order valence-electron chi connectivity index (χ1n) is 7.80. The first kappa shape index (κ1) is 15.7. The van der Waals surface area contributed by atoms with Crippen LogP contribution >= 0.6 is 0 Å². The molecule has 10 heteroatoms. The molecule has 3 aromatic heterocycles. The summed E-state index contributed by atoms with van der Waals surface area (Å²) in [7, 11) is 0. The van der Waals surface area contributed by atoms with Gasteiger partial charge in [-0.3, -0.25) is 9.89 Å². The van der Waals surface area contributed by atoms with Crippen molar-refractivity contribution in [2.75, 3.05) is 6.61 Å². The minimum Gasteiger partial charge on any atom is -0.484 e. The molecule has 4 aromatic rings. The molecule has 0 aliphatic rings. The minimum atomic E-state index is -0.235. The van der Waals surface area contributed by atoms with Gasteiger partial charge in [0.2, 0.25) is 0 Å². The molecule has 0 aliphatic heterocycles. The molecule has 4 rings (SSSR count). The lowest BCUT2D eigenvalue weighted by molar-refractivity contribution is -0.123. The fourth-order valence-electron chi connectivity index (χ4n) is 2.40. The van der Waals surface area contributed by atoms with Crippen molar-refractivity contribution in [1.29, 1.82) is 0 Å². The van der Waals surface area contributed by atoms with Gasteiger partial charge < -0.3 is 10.1 Å². The van der Waals surface area contributed by atoms with Crippen molar-refractivity contribution in [3.63, 3.8) is 0 Å². The van der Waals surface area contributed by atoms with E-state index in [0.29, 0.717) is 17.9 Å². The smallest absolute Gasteiger partial charge is 0.258 e. The van der Waals surface area contributed by atoms with Crippen molar-refractivity contribution in [2.24, 2.45) is 0 Å². The molecule has 10 nitrogen and oxygen atoms in total. The van der Waals surface area contributed by atoms with E-state index in [4.69, 9.17) is 4.74 Å². The average molecular weight is 350 g/mol. The monoisotopic (exact) mass is 350 g/mol. The zero-order valence-electron chi connectivity index (χ0n) is 13.5. The van der Waals surface area contributed by atoms with Crippen LogP contribution in [0.15, 0.2) is 48.9 Å². The Labute approximate surface area is 147 Å². The summed E-state index contributed by atoms with van der Waals surface area (Å²) in [6.07, 6.45) is 3.17. The maximum absolute atomic E-state index is 12.0. The second-order valence-corrected chi connectivity index (χ2v) is 5.39. The summed E-state index contributed by atoms with van der Waals surface area (Å²) in [6.45, 7) is 0.233. The van der Waals surface area contributed by atoms with Crippen LogP contribution in [0.2, 0.25) is 0 Å². The molecule has 26 heavy (non-hydrogen) atoms. The SMILES string of the molecule is O=C(COc1ccc(-n2cnnn2)cc1)NCc1[nH]nc2ncccc12. The number of nitrogens with one attached hydrogen (secondary N) is 2. The van der Waals surface area contributed by atoms with E-state index in [1.165, 1.54) is 11.0 Å². The van der Waals surface area contributed by atoms with Crippen molar-refractivity contribution < 1.29 is 9.53 Å². The van der Waals surface area contributed by atoms with E-state index >= 15 is 0 Å². The molecule has 2 N–H and O–H groups in total. The topological polar surface area (TPSA) is 124 Å². The third-order valence-electron chi connectivity index (χ3n) is 3.69. The lowest BCUT2D eigenvalue weighted by atomic mass is 10.2. The summed E-state index contributed by atoms with van der Waals surface area (Å²) in [5.41, 5.74) is 2.22. The van der Waals surface area contributed by atoms with Gasteiger partial charge in [-0.1, -0.05) is 0 Å². The molecule has 0 atom stereocenters. The Morgan fingerprint density at radius 3 is 2.92 bits per heavy atom. The van der Waals surface area contributed by atoms with Crippen molar-refractivity contribution in [2.45, 2.75) is 6.54 Å². The van der Waals surface area contributed by atoms with Gasteiger partial charge in [0.15, 0.2) is 12.3 Å². The molecule has 1 amide bonds. The molecule has 0 spiro atoms. The third-order valence-corrected chi connectivity index (χ3v) is 3.69. The zero-order chi connectivity index (χ0) is 17.8. The van der Waals surface area contributed by atoms with Gasteiger partial charge in [0, 0.05) is 11.6 Å². The van der Waals surface area contributed by atoms with Crippen LogP contribution in [0.5, 0.6) is 5.75 Å². The first-order valence-corrected chi connectivity index (χ1v) is 7.80. The van der Waals surface area contributed by atoms with E-state index < -0.39 is 0 Å². The van der Waals surface area contributed by atoms with Crippen LogP contribution in [0.3, 0.4) is 0 Å². The van der Waals surface area contributed by atoms with Gasteiger partial charge in [-0.2, -0.15) is 5.10 Å². The number of nitrogens with zero attached hydrogens (tertiary/aromatic N) is 6. The van der Waals surface area contributed by atoms with Gasteiger partial charge in [-0.25, -0.2) is 9.67 Å². The second kappa shape index (κ2) is 6.97. The van der Waals surface area contributed by atoms with Gasteiger partial charge in [0.1, 0.15) is 12.1 Å². The Bertz CT molecular complexity index is 1010. The van der Waals surface area contributed by atoms with Crippen molar-refractivity contribution in [3.05, 3.63) is 54.6 Å². The molecule has 3 heterocycles. The lowest BCUT2D eigenvalue weighted by Gasteiger charge is -2.07. The summed E-state index contributed by atoms with van der Waals surface area (Å²) in [5.74, 6) is 0.342. The van der Waals surface area contributed by atoms with Gasteiger partial charge >= 0.3 is 0 Å². The first-order chi connectivity index (χ1) is 12.8. The molecule has 1 aromatic carbocycles. The minimum absolute atomic E-state index is 0.0887. The number of ether oxygens (including phenoxy) is 1. The van der Waals surface area contributed by atoms with Crippen LogP contribution in [-0.4, -0.2) is 47.9 Å². The highest BCUT2D eigenvalue weighted by molar-refractivity contribution is 5.80. The number of tetrazole rings is 1. The van der Waals surface area contributed by atoms with Crippen molar-refractivity contribution in [1.82, 2.24) is 40.7 Å². The van der Waals surface area contributed by atoms with Crippen LogP contribution in [0.4, 0.5) is 0 Å². The van der Waals surface area contributed by atoms with Gasteiger partial charge in [0.05, 0.1) is 17.9 Å². The zero-order valence-corrected chi connectivity index (χ0v) is 13.5. The van der Waals surface area contributed by atoms with E-state index in [0.717, 1.165) is 16.8 Å². The quantitative estimate of drug-likeness (QED) is 0.522. The number of fused-ring (bicyclic) bond motifs is 1. The Kier molecular flexibility index (Phi) is 4.21. The number of H-pyrrole nitrogens is 1. The highest BCUT2D eigenvalue weighted by atomic mass is 16.5. The summed E-state index contributed by atoms with van der Waals surface area (Å²) in [4.78, 5) is 16.1. The van der Waals surface area contributed by atoms with Crippen LogP contribution in [0, 0.1) is 0 Å². The van der Waals surface area contributed by atoms with E-state index in [2.05, 4.69) is 36.0 Å². The van der Waals surface area contributed by atoms with Gasteiger partial charge in [-0.15, -0.1) is 5.10 Å². The standard InChI is InChI=1S/C16H14N8O2/c25-15(18-8-14-13-2-1-7-17-16(13)21-20-14)9-26-12-5-3-11(4-6-12)24-10-19-22-23-24/h1-7,10H,8-9H2,(H,18,25)(H,17,20,21). The molecule has 0 saturated heterocycles. The Morgan fingerprint density at radius 1 is 1.23 bits per heavy atom. The lowest BCUT2D eigenvalue weighted by Crippen LogP contribution is -2.28. The third kappa shape index (κ3) is 3.34. The number of benzene rings is 1.